The lowest BCUT2D eigenvalue weighted by Gasteiger charge is -2.31. The van der Waals surface area contributed by atoms with E-state index in [2.05, 4.69) is 14.9 Å². The Labute approximate surface area is 130 Å². The van der Waals surface area contributed by atoms with Crippen LogP contribution >= 0.6 is 11.6 Å². The first-order valence-corrected chi connectivity index (χ1v) is 8.17. The lowest BCUT2D eigenvalue weighted by atomic mass is 10.0. The van der Waals surface area contributed by atoms with Crippen molar-refractivity contribution in [2.45, 2.75) is 39.2 Å². The van der Waals surface area contributed by atoms with Crippen LogP contribution in [0.5, 0.6) is 0 Å². The van der Waals surface area contributed by atoms with Gasteiger partial charge in [-0.15, -0.1) is 11.6 Å². The molecule has 6 heteroatoms. The fourth-order valence-corrected chi connectivity index (χ4v) is 3.32. The molecule has 3 rings (SSSR count). The molecule has 0 N–H and O–H groups in total. The summed E-state index contributed by atoms with van der Waals surface area (Å²) < 4.78 is 0. The van der Waals surface area contributed by atoms with Crippen molar-refractivity contribution in [2.24, 2.45) is 0 Å². The largest absolute Gasteiger partial charge is 0.356 e. The van der Waals surface area contributed by atoms with Crippen LogP contribution in [-0.4, -0.2) is 46.3 Å². The smallest absolute Gasteiger partial charge is 0.224 e. The van der Waals surface area contributed by atoms with Crippen molar-refractivity contribution >= 4 is 23.3 Å². The second-order valence-electron chi connectivity index (χ2n) is 5.72. The third-order valence-corrected chi connectivity index (χ3v) is 4.41. The first-order valence-electron chi connectivity index (χ1n) is 7.64. The molecule has 0 radical (unpaired) electrons. The van der Waals surface area contributed by atoms with Crippen LogP contribution < -0.4 is 4.90 Å². The fourth-order valence-electron chi connectivity index (χ4n) is 3.16. The summed E-state index contributed by atoms with van der Waals surface area (Å²) in [6, 6.07) is 0. The van der Waals surface area contributed by atoms with Crippen LogP contribution in [0.2, 0.25) is 0 Å². The van der Waals surface area contributed by atoms with Crippen molar-refractivity contribution in [1.29, 1.82) is 0 Å². The molecule has 1 aromatic rings. The van der Waals surface area contributed by atoms with Gasteiger partial charge in [-0.05, 0) is 19.8 Å². The lowest BCUT2D eigenvalue weighted by molar-refractivity contribution is -0.131. The lowest BCUT2D eigenvalue weighted by Crippen LogP contribution is -2.38. The molecule has 3 heterocycles. The summed E-state index contributed by atoms with van der Waals surface area (Å²) in [6.45, 7) is 5.41. The third-order valence-electron chi connectivity index (χ3n) is 4.22. The zero-order chi connectivity index (χ0) is 14.8. The second-order valence-corrected chi connectivity index (χ2v) is 6.10. The fraction of sp³-hybridized carbons (Fsp3) is 0.667. The Morgan fingerprint density at radius 1 is 1.24 bits per heavy atom. The summed E-state index contributed by atoms with van der Waals surface area (Å²) >= 11 is 5.69. The number of anilines is 1. The van der Waals surface area contributed by atoms with Crippen LogP contribution in [-0.2, 0) is 17.8 Å². The average Bonchev–Trinajstić information content (AvgIpc) is 3.00. The molecule has 1 fully saturated rings. The van der Waals surface area contributed by atoms with E-state index in [1.807, 2.05) is 11.8 Å². The Bertz CT molecular complexity index is 543. The van der Waals surface area contributed by atoms with Gasteiger partial charge in [-0.1, -0.05) is 0 Å². The number of amides is 1. The van der Waals surface area contributed by atoms with Crippen molar-refractivity contribution in [3.63, 3.8) is 0 Å². The molecule has 0 bridgehead atoms. The molecule has 21 heavy (non-hydrogen) atoms. The Morgan fingerprint density at radius 2 is 2.00 bits per heavy atom. The average molecular weight is 309 g/mol. The summed E-state index contributed by atoms with van der Waals surface area (Å²) in [7, 11) is 0. The Morgan fingerprint density at radius 3 is 2.71 bits per heavy atom. The number of halogens is 1. The number of hydrogen-bond acceptors (Lipinski definition) is 4. The van der Waals surface area contributed by atoms with Gasteiger partial charge < -0.3 is 9.80 Å². The summed E-state index contributed by atoms with van der Waals surface area (Å²) in [5, 5.41) is 0. The Hall–Kier alpha value is -1.36. The maximum absolute atomic E-state index is 12.1. The van der Waals surface area contributed by atoms with Gasteiger partial charge in [0.05, 0.1) is 12.2 Å². The standard InChI is InChI=1S/C15H21ClN4O/c1-11-17-13-5-9-20(14(21)4-6-16)10-12(13)15(18-11)19-7-2-3-8-19/h2-10H2,1H3. The molecule has 0 unspecified atom stereocenters. The van der Waals surface area contributed by atoms with Gasteiger partial charge in [0.2, 0.25) is 5.91 Å². The number of aryl methyl sites for hydroxylation is 1. The number of nitrogens with zero attached hydrogens (tertiary/aromatic N) is 4. The maximum atomic E-state index is 12.1. The van der Waals surface area contributed by atoms with E-state index in [-0.39, 0.29) is 5.91 Å². The van der Waals surface area contributed by atoms with Gasteiger partial charge >= 0.3 is 0 Å². The van der Waals surface area contributed by atoms with E-state index in [0.29, 0.717) is 18.8 Å². The van der Waals surface area contributed by atoms with Gasteiger partial charge in [0.1, 0.15) is 11.6 Å². The number of aromatic nitrogens is 2. The molecule has 0 atom stereocenters. The first-order chi connectivity index (χ1) is 10.2. The van der Waals surface area contributed by atoms with E-state index in [4.69, 9.17) is 11.6 Å². The van der Waals surface area contributed by atoms with Gasteiger partial charge in [-0.2, -0.15) is 0 Å². The van der Waals surface area contributed by atoms with Crippen LogP contribution in [0.25, 0.3) is 0 Å². The van der Waals surface area contributed by atoms with Crippen LogP contribution in [0.15, 0.2) is 0 Å². The molecule has 114 valence electrons. The molecular formula is C15H21ClN4O. The molecule has 2 aliphatic heterocycles. The van der Waals surface area contributed by atoms with Gasteiger partial charge in [0, 0.05) is 43.9 Å². The van der Waals surface area contributed by atoms with E-state index in [0.717, 1.165) is 49.0 Å². The predicted octanol–water partition coefficient (Wildman–Crippen LogP) is 1.90. The van der Waals surface area contributed by atoms with Crippen LogP contribution in [0.4, 0.5) is 5.82 Å². The Kier molecular flexibility index (Phi) is 4.29. The molecular weight excluding hydrogens is 288 g/mol. The monoisotopic (exact) mass is 308 g/mol. The minimum Gasteiger partial charge on any atom is -0.356 e. The van der Waals surface area contributed by atoms with Crippen molar-refractivity contribution in [3.05, 3.63) is 17.1 Å². The van der Waals surface area contributed by atoms with E-state index in [1.165, 1.54) is 12.8 Å². The number of rotatable bonds is 3. The van der Waals surface area contributed by atoms with E-state index in [9.17, 15) is 4.79 Å². The summed E-state index contributed by atoms with van der Waals surface area (Å²) in [5.74, 6) is 2.38. The topological polar surface area (TPSA) is 49.3 Å². The number of hydrogen-bond donors (Lipinski definition) is 0. The predicted molar refractivity (Wildman–Crippen MR) is 82.7 cm³/mol. The zero-order valence-corrected chi connectivity index (χ0v) is 13.2. The Balaban J connectivity index is 1.90. The highest BCUT2D eigenvalue weighted by atomic mass is 35.5. The van der Waals surface area contributed by atoms with Gasteiger partial charge in [-0.25, -0.2) is 9.97 Å². The SMILES string of the molecule is Cc1nc2c(c(N3CCCC3)n1)CN(C(=O)CCCl)CC2. The minimum atomic E-state index is 0.128. The van der Waals surface area contributed by atoms with Crippen LogP contribution in [0.1, 0.15) is 36.3 Å². The summed E-state index contributed by atoms with van der Waals surface area (Å²) in [6.07, 6.45) is 3.65. The van der Waals surface area contributed by atoms with Gasteiger partial charge in [0.15, 0.2) is 0 Å². The molecule has 0 spiro atoms. The molecule has 0 aliphatic carbocycles. The third kappa shape index (κ3) is 2.98. The van der Waals surface area contributed by atoms with E-state index < -0.39 is 0 Å². The van der Waals surface area contributed by atoms with Crippen molar-refractivity contribution in [1.82, 2.24) is 14.9 Å². The normalized spacial score (nSPS) is 18.0. The van der Waals surface area contributed by atoms with Crippen LogP contribution in [0.3, 0.4) is 0 Å². The first kappa shape index (κ1) is 14.6. The molecule has 1 saturated heterocycles. The van der Waals surface area contributed by atoms with Gasteiger partial charge in [-0.3, -0.25) is 4.79 Å². The van der Waals surface area contributed by atoms with Crippen molar-refractivity contribution in [2.75, 3.05) is 30.4 Å². The summed E-state index contributed by atoms with van der Waals surface area (Å²) in [5.41, 5.74) is 2.25. The molecule has 5 nitrogen and oxygen atoms in total. The zero-order valence-electron chi connectivity index (χ0n) is 12.4. The molecule has 2 aliphatic rings. The highest BCUT2D eigenvalue weighted by Gasteiger charge is 2.27. The number of carbonyl (C=O) groups excluding carboxylic acids is 1. The highest BCUT2D eigenvalue weighted by Crippen LogP contribution is 2.29. The van der Waals surface area contributed by atoms with Crippen molar-refractivity contribution < 1.29 is 4.79 Å². The molecule has 1 amide bonds. The summed E-state index contributed by atoms with van der Waals surface area (Å²) in [4.78, 5) is 25.6. The second kappa shape index (κ2) is 6.18. The minimum absolute atomic E-state index is 0.128. The van der Waals surface area contributed by atoms with E-state index in [1.54, 1.807) is 0 Å². The maximum Gasteiger partial charge on any atom is 0.224 e. The number of carbonyl (C=O) groups is 1. The molecule has 0 saturated carbocycles. The number of alkyl halides is 1. The van der Waals surface area contributed by atoms with Crippen molar-refractivity contribution in [3.8, 4) is 0 Å². The van der Waals surface area contributed by atoms with Gasteiger partial charge in [0.25, 0.3) is 0 Å². The highest BCUT2D eigenvalue weighted by molar-refractivity contribution is 6.18. The van der Waals surface area contributed by atoms with Crippen LogP contribution in [0, 0.1) is 6.92 Å². The van der Waals surface area contributed by atoms with E-state index >= 15 is 0 Å². The molecule has 0 aromatic carbocycles. The number of fused-ring (bicyclic) bond motifs is 1. The molecule has 1 aromatic heterocycles. The quantitative estimate of drug-likeness (QED) is 0.800.